The summed E-state index contributed by atoms with van der Waals surface area (Å²) >= 11 is 0. The van der Waals surface area contributed by atoms with Gasteiger partial charge in [-0.15, -0.1) is 4.91 Å². The zero-order chi connectivity index (χ0) is 7.68. The molecule has 2 saturated carbocycles. The van der Waals surface area contributed by atoms with Crippen LogP contribution < -0.4 is 0 Å². The Morgan fingerprint density at radius 1 is 1.36 bits per heavy atom. The normalized spacial score (nSPS) is 34.5. The van der Waals surface area contributed by atoms with E-state index in [0.29, 0.717) is 0 Å². The number of rotatable bonds is 2. The second-order valence-corrected chi connectivity index (χ2v) is 3.65. The Balaban J connectivity index is 2.06. The third-order valence-electron chi connectivity index (χ3n) is 2.87. The van der Waals surface area contributed by atoms with Crippen molar-refractivity contribution in [3.05, 3.63) is 16.7 Å². The molecule has 0 aliphatic heterocycles. The standard InChI is InChI=1S/C9H13NO/c11-10-6-8-2-1-3-9(8)7-4-5-7/h6-7,9H,1-5H2/b8-6-. The highest BCUT2D eigenvalue weighted by molar-refractivity contribution is 5.14. The first-order valence-electron chi connectivity index (χ1n) is 4.43. The van der Waals surface area contributed by atoms with Crippen molar-refractivity contribution in [2.45, 2.75) is 32.1 Å². The smallest absolute Gasteiger partial charge is 0.0709 e. The van der Waals surface area contributed by atoms with Gasteiger partial charge in [-0.2, -0.15) is 0 Å². The van der Waals surface area contributed by atoms with Gasteiger partial charge in [0.15, 0.2) is 0 Å². The fourth-order valence-corrected chi connectivity index (χ4v) is 2.16. The average Bonchev–Trinajstić information content (AvgIpc) is 2.75. The Hall–Kier alpha value is -0.660. The van der Waals surface area contributed by atoms with Crippen molar-refractivity contribution in [1.82, 2.24) is 0 Å². The van der Waals surface area contributed by atoms with Gasteiger partial charge in [0, 0.05) is 0 Å². The summed E-state index contributed by atoms with van der Waals surface area (Å²) in [4.78, 5) is 10.0. The number of nitrogens with zero attached hydrogens (tertiary/aromatic N) is 1. The van der Waals surface area contributed by atoms with Crippen molar-refractivity contribution in [2.75, 3.05) is 0 Å². The van der Waals surface area contributed by atoms with E-state index >= 15 is 0 Å². The van der Waals surface area contributed by atoms with Crippen molar-refractivity contribution >= 4 is 0 Å². The third-order valence-corrected chi connectivity index (χ3v) is 2.87. The van der Waals surface area contributed by atoms with Crippen LogP contribution in [0.4, 0.5) is 0 Å². The van der Waals surface area contributed by atoms with Gasteiger partial charge in [-0.1, -0.05) is 0 Å². The SMILES string of the molecule is O=N/C=C1/CCCC1C1CC1. The minimum Gasteiger partial charge on any atom is -0.145 e. The topological polar surface area (TPSA) is 29.4 Å². The molecule has 0 aromatic rings. The zero-order valence-corrected chi connectivity index (χ0v) is 6.62. The summed E-state index contributed by atoms with van der Waals surface area (Å²) < 4.78 is 0. The lowest BCUT2D eigenvalue weighted by Crippen LogP contribution is -1.98. The Kier molecular flexibility index (Phi) is 1.76. The van der Waals surface area contributed by atoms with Crippen molar-refractivity contribution in [3.8, 4) is 0 Å². The fourth-order valence-electron chi connectivity index (χ4n) is 2.16. The van der Waals surface area contributed by atoms with Gasteiger partial charge < -0.3 is 0 Å². The second-order valence-electron chi connectivity index (χ2n) is 3.65. The van der Waals surface area contributed by atoms with Gasteiger partial charge in [-0.25, -0.2) is 0 Å². The molecular formula is C9H13NO. The van der Waals surface area contributed by atoms with Crippen LogP contribution >= 0.6 is 0 Å². The minimum atomic E-state index is 0.729. The zero-order valence-electron chi connectivity index (χ0n) is 6.62. The lowest BCUT2D eigenvalue weighted by Gasteiger charge is -2.07. The molecule has 0 saturated heterocycles. The summed E-state index contributed by atoms with van der Waals surface area (Å²) in [6.45, 7) is 0. The molecule has 0 spiro atoms. The van der Waals surface area contributed by atoms with Gasteiger partial charge in [0.25, 0.3) is 0 Å². The molecule has 2 aliphatic rings. The Labute approximate surface area is 66.7 Å². The van der Waals surface area contributed by atoms with Crippen molar-refractivity contribution in [1.29, 1.82) is 0 Å². The molecule has 2 aliphatic carbocycles. The van der Waals surface area contributed by atoms with E-state index < -0.39 is 0 Å². The minimum absolute atomic E-state index is 0.729. The van der Waals surface area contributed by atoms with Gasteiger partial charge in [0.05, 0.1) is 6.20 Å². The molecule has 0 heterocycles. The van der Waals surface area contributed by atoms with Crippen LogP contribution in [0.3, 0.4) is 0 Å². The first-order valence-corrected chi connectivity index (χ1v) is 4.43. The Bertz CT molecular complexity index is 194. The molecule has 0 amide bonds. The van der Waals surface area contributed by atoms with Crippen LogP contribution in [0, 0.1) is 16.7 Å². The molecule has 0 aromatic heterocycles. The Morgan fingerprint density at radius 2 is 2.18 bits per heavy atom. The van der Waals surface area contributed by atoms with Gasteiger partial charge in [-0.3, -0.25) is 0 Å². The van der Waals surface area contributed by atoms with Crippen LogP contribution in [0.5, 0.6) is 0 Å². The molecule has 1 unspecified atom stereocenters. The maximum absolute atomic E-state index is 10.0. The van der Waals surface area contributed by atoms with Crippen molar-refractivity contribution in [3.63, 3.8) is 0 Å². The molecule has 1 atom stereocenters. The monoisotopic (exact) mass is 151 g/mol. The highest BCUT2D eigenvalue weighted by Gasteiger charge is 2.35. The molecule has 0 radical (unpaired) electrons. The lowest BCUT2D eigenvalue weighted by atomic mass is 9.98. The molecule has 0 bridgehead atoms. The van der Waals surface area contributed by atoms with E-state index in [0.717, 1.165) is 18.3 Å². The van der Waals surface area contributed by atoms with Gasteiger partial charge in [-0.05, 0) is 54.7 Å². The molecule has 2 heteroatoms. The predicted octanol–water partition coefficient (Wildman–Crippen LogP) is 2.85. The van der Waals surface area contributed by atoms with E-state index in [1.807, 2.05) is 0 Å². The average molecular weight is 151 g/mol. The molecule has 0 aromatic carbocycles. The van der Waals surface area contributed by atoms with Crippen LogP contribution in [0.25, 0.3) is 0 Å². The fraction of sp³-hybridized carbons (Fsp3) is 0.778. The number of hydrogen-bond acceptors (Lipinski definition) is 2. The maximum Gasteiger partial charge on any atom is 0.0709 e. The highest BCUT2D eigenvalue weighted by Crippen LogP contribution is 2.47. The third kappa shape index (κ3) is 1.35. The molecule has 2 rings (SSSR count). The van der Waals surface area contributed by atoms with E-state index in [-0.39, 0.29) is 0 Å². The summed E-state index contributed by atoms with van der Waals surface area (Å²) in [5, 5.41) is 2.87. The van der Waals surface area contributed by atoms with Crippen LogP contribution in [0.2, 0.25) is 0 Å². The summed E-state index contributed by atoms with van der Waals surface area (Å²) in [6.07, 6.45) is 7.99. The van der Waals surface area contributed by atoms with Crippen LogP contribution in [-0.2, 0) is 0 Å². The quantitative estimate of drug-likeness (QED) is 0.558. The largest absolute Gasteiger partial charge is 0.145 e. The van der Waals surface area contributed by atoms with Crippen molar-refractivity contribution in [2.24, 2.45) is 17.0 Å². The molecule has 60 valence electrons. The summed E-state index contributed by atoms with van der Waals surface area (Å²) in [5.41, 5.74) is 1.32. The number of hydrogen-bond donors (Lipinski definition) is 0. The van der Waals surface area contributed by atoms with Gasteiger partial charge >= 0.3 is 0 Å². The molecular weight excluding hydrogens is 138 g/mol. The lowest BCUT2D eigenvalue weighted by molar-refractivity contribution is 0.550. The van der Waals surface area contributed by atoms with E-state index in [1.165, 1.54) is 31.3 Å². The molecule has 2 nitrogen and oxygen atoms in total. The molecule has 11 heavy (non-hydrogen) atoms. The Morgan fingerprint density at radius 3 is 2.82 bits per heavy atom. The van der Waals surface area contributed by atoms with Crippen LogP contribution in [-0.4, -0.2) is 0 Å². The first kappa shape index (κ1) is 7.01. The van der Waals surface area contributed by atoms with Crippen LogP contribution in [0.1, 0.15) is 32.1 Å². The first-order chi connectivity index (χ1) is 5.42. The van der Waals surface area contributed by atoms with E-state index in [1.54, 1.807) is 6.20 Å². The van der Waals surface area contributed by atoms with E-state index in [9.17, 15) is 4.91 Å². The van der Waals surface area contributed by atoms with Gasteiger partial charge in [0.2, 0.25) is 0 Å². The second kappa shape index (κ2) is 2.76. The van der Waals surface area contributed by atoms with E-state index in [2.05, 4.69) is 5.18 Å². The number of nitroso groups, excluding NO2 is 1. The van der Waals surface area contributed by atoms with Gasteiger partial charge in [0.1, 0.15) is 0 Å². The molecule has 2 fully saturated rings. The summed E-state index contributed by atoms with van der Waals surface area (Å²) in [6, 6.07) is 0. The van der Waals surface area contributed by atoms with Crippen LogP contribution in [0.15, 0.2) is 16.9 Å². The maximum atomic E-state index is 10.0. The number of allylic oxidation sites excluding steroid dienone is 1. The molecule has 0 N–H and O–H groups in total. The highest BCUT2D eigenvalue weighted by atomic mass is 16.2. The van der Waals surface area contributed by atoms with Crippen molar-refractivity contribution < 1.29 is 0 Å². The summed E-state index contributed by atoms with van der Waals surface area (Å²) in [5.74, 6) is 1.64. The van der Waals surface area contributed by atoms with E-state index in [4.69, 9.17) is 0 Å². The predicted molar refractivity (Wildman–Crippen MR) is 43.9 cm³/mol. The summed E-state index contributed by atoms with van der Waals surface area (Å²) in [7, 11) is 0.